The van der Waals surface area contributed by atoms with Gasteiger partial charge < -0.3 is 34.2 Å². The second-order valence-corrected chi connectivity index (χ2v) is 39.1. The molecule has 0 spiro atoms. The van der Waals surface area contributed by atoms with Crippen molar-refractivity contribution in [3.63, 3.8) is 0 Å². The third-order valence-corrected chi connectivity index (χ3v) is 24.0. The molecule has 0 saturated heterocycles. The number of benzene rings is 1. The van der Waals surface area contributed by atoms with Crippen molar-refractivity contribution < 1.29 is 33.4 Å². The molecular weight excluding hydrogens is 1420 g/mol. The number of halogens is 1. The van der Waals surface area contributed by atoms with Crippen LogP contribution in [-0.4, -0.2) is 130 Å². The molecule has 0 radical (unpaired) electrons. The molecule has 13 rings (SSSR count). The molecule has 1 saturated carbocycles. The van der Waals surface area contributed by atoms with Crippen LogP contribution in [-0.2, 0) is 98.3 Å². The van der Waals surface area contributed by atoms with Crippen molar-refractivity contribution in [2.45, 2.75) is 257 Å². The van der Waals surface area contributed by atoms with Crippen LogP contribution in [0.4, 0.5) is 14.4 Å². The van der Waals surface area contributed by atoms with E-state index in [1.165, 1.54) is 126 Å². The Morgan fingerprint density at radius 2 is 1.00 bits per heavy atom. The number of ether oxygens (including phenoxy) is 3. The highest BCUT2D eigenvalue weighted by Crippen LogP contribution is 2.37. The minimum Gasteiger partial charge on any atom is -0.444 e. The highest BCUT2D eigenvalue weighted by molar-refractivity contribution is 7.16. The van der Waals surface area contributed by atoms with Gasteiger partial charge in [0, 0.05) is 132 Å². The third kappa shape index (κ3) is 25.7. The number of hydrogen-bond acceptors (Lipinski definition) is 20. The van der Waals surface area contributed by atoms with E-state index < -0.39 is 16.8 Å². The van der Waals surface area contributed by atoms with Crippen LogP contribution < -0.4 is 5.32 Å². The Kier molecular flexibility index (Phi) is 29.5. The molecule has 1 N–H and O–H groups in total. The lowest BCUT2D eigenvalue weighted by Crippen LogP contribution is -2.39. The van der Waals surface area contributed by atoms with Crippen molar-refractivity contribution in [3.8, 4) is 0 Å². The minimum absolute atomic E-state index is 0.235. The van der Waals surface area contributed by atoms with E-state index in [-0.39, 0.29) is 24.1 Å². The first-order chi connectivity index (χ1) is 49.1. The summed E-state index contributed by atoms with van der Waals surface area (Å²) in [6.07, 6.45) is 18.2. The zero-order valence-electron chi connectivity index (χ0n) is 64.9. The predicted molar refractivity (Wildman–Crippen MR) is 427 cm³/mol. The van der Waals surface area contributed by atoms with Gasteiger partial charge in [0.1, 0.15) is 21.8 Å². The first kappa shape index (κ1) is 82.3. The summed E-state index contributed by atoms with van der Waals surface area (Å²) in [5, 5.41) is 9.21. The van der Waals surface area contributed by atoms with E-state index in [9.17, 15) is 19.2 Å². The number of pyridine rings is 1. The van der Waals surface area contributed by atoms with Crippen molar-refractivity contribution >= 4 is 109 Å². The summed E-state index contributed by atoms with van der Waals surface area (Å²) in [6, 6.07) is 9.86. The molecule has 11 heterocycles. The van der Waals surface area contributed by atoms with E-state index >= 15 is 0 Å². The average molecular weight is 1540 g/mol. The number of nitrogens with one attached hydrogen (secondary N) is 1. The van der Waals surface area contributed by atoms with Crippen LogP contribution in [0.2, 0.25) is 4.47 Å². The Balaban J connectivity index is 0.000000157. The normalized spacial score (nSPS) is 17.3. The molecule has 1 aliphatic carbocycles. The second kappa shape index (κ2) is 37.4. The average Bonchev–Trinajstić information content (AvgIpc) is 1.75. The van der Waals surface area contributed by atoms with Crippen LogP contribution >= 0.6 is 68.3 Å². The van der Waals surface area contributed by atoms with Gasteiger partial charge in [-0.2, -0.15) is 0 Å². The molecule has 3 amide bonds. The fourth-order valence-corrected chi connectivity index (χ4v) is 19.3. The first-order valence-corrected chi connectivity index (χ1v) is 42.0. The molecule has 0 atom stereocenters. The number of aromatic nitrogens is 6. The smallest absolute Gasteiger partial charge is 0.410 e. The molecule has 1 aromatic carbocycles. The number of thiazole rings is 5. The Bertz CT molecular complexity index is 3990. The molecule has 5 aliphatic heterocycles. The van der Waals surface area contributed by atoms with Crippen molar-refractivity contribution in [2.75, 3.05) is 39.3 Å². The van der Waals surface area contributed by atoms with E-state index in [0.717, 1.165) is 115 Å². The lowest BCUT2D eigenvalue weighted by molar-refractivity contribution is 0.0212. The maximum absolute atomic E-state index is 13.1. The van der Waals surface area contributed by atoms with E-state index in [1.54, 1.807) is 43.6 Å². The number of carbonyl (C=O) groups excluding carboxylic acids is 4. The zero-order chi connectivity index (χ0) is 75.2. The van der Waals surface area contributed by atoms with Crippen LogP contribution in [0.5, 0.6) is 0 Å². The maximum atomic E-state index is 13.1. The molecule has 0 bridgehead atoms. The number of hydrogen-bond donors (Lipinski definition) is 1. The third-order valence-electron chi connectivity index (χ3n) is 18.1. The molecule has 6 aliphatic rings. The fourth-order valence-electron chi connectivity index (χ4n) is 13.2. The summed E-state index contributed by atoms with van der Waals surface area (Å²) < 4.78 is 16.7. The summed E-state index contributed by atoms with van der Waals surface area (Å²) in [6.45, 7) is 43.7. The highest BCUT2D eigenvalue weighted by Gasteiger charge is 2.33. The second-order valence-electron chi connectivity index (χ2n) is 32.8. The largest absolute Gasteiger partial charge is 0.444 e. The molecule has 0 unspecified atom stereocenters. The monoisotopic (exact) mass is 1540 g/mol. The Hall–Kier alpha value is -5.79. The summed E-state index contributed by atoms with van der Waals surface area (Å²) in [7, 11) is 0. The van der Waals surface area contributed by atoms with E-state index in [4.69, 9.17) is 30.8 Å². The van der Waals surface area contributed by atoms with Crippen molar-refractivity contribution in [1.82, 2.24) is 54.8 Å². The lowest BCUT2D eigenvalue weighted by Gasteiger charge is -2.31. The number of ketones is 1. The summed E-state index contributed by atoms with van der Waals surface area (Å²) in [5.41, 5.74) is 7.25. The van der Waals surface area contributed by atoms with E-state index in [1.807, 2.05) is 115 Å². The summed E-state index contributed by atoms with van der Waals surface area (Å²) in [5.74, 6) is 3.64. The summed E-state index contributed by atoms with van der Waals surface area (Å²) >= 11 is 14.7. The highest BCUT2D eigenvalue weighted by atomic mass is 35.5. The molecule has 568 valence electrons. The standard InChI is InChI=1S/C29H37N3OS.C15H24N2O2S.C15H22N2O2S.C11H15ClN2O2S.C10H16N2S/c1-20(2)17-29-31-26-19-32(16-13-28(26)34-29)15-12-21-8-10-22(11-9-21)18-27(33)24-5-3-7-25-23(24)6-4-14-30-25;2*1-10(2)8-13-16-11-9-17(7-6-12(11)20-13)14(18)19-15(3,4)5;1-11(2,3)16-10(15)14-5-4-8-7(6-14)13-9(12)17-8;1-7(2)5-10-12-8-6-11-4-3-9(8)13-10/h3-7,14,20-22H,8-13,15-19H2,1-2H3;10H,6-9H2,1-5H3;8H,6-7,9H2,1-5H3;4-6H2,1-3H3;7,11H,3-6H2,1-2H3. The van der Waals surface area contributed by atoms with Crippen LogP contribution in [0.15, 0.2) is 42.1 Å². The molecule has 18 nitrogen and oxygen atoms in total. The first-order valence-electron chi connectivity index (χ1n) is 37.6. The van der Waals surface area contributed by atoms with E-state index in [2.05, 4.69) is 96.6 Å². The predicted octanol–water partition coefficient (Wildman–Crippen LogP) is 19.3. The number of carbonyl (C=O) groups is 4. The number of allylic oxidation sites excluding steroid dienone is 1. The maximum Gasteiger partial charge on any atom is 0.410 e. The molecular formula is C80H114ClN11O7S5. The Morgan fingerprint density at radius 3 is 1.50 bits per heavy atom. The van der Waals surface area contributed by atoms with Crippen LogP contribution in [0.1, 0.15) is 239 Å². The number of fused-ring (bicyclic) bond motifs is 6. The zero-order valence-corrected chi connectivity index (χ0v) is 69.7. The molecule has 104 heavy (non-hydrogen) atoms. The quantitative estimate of drug-likeness (QED) is 0.0844. The van der Waals surface area contributed by atoms with Crippen LogP contribution in [0.3, 0.4) is 0 Å². The Labute approximate surface area is 644 Å². The number of rotatable bonds is 13. The molecule has 1 fully saturated rings. The molecule has 6 aromatic heterocycles. The van der Waals surface area contributed by atoms with Crippen molar-refractivity contribution in [3.05, 3.63) is 125 Å². The van der Waals surface area contributed by atoms with Crippen LogP contribution in [0, 0.1) is 29.6 Å². The summed E-state index contributed by atoms with van der Waals surface area (Å²) in [4.78, 5) is 91.2. The molecule has 24 heteroatoms. The van der Waals surface area contributed by atoms with Gasteiger partial charge in [-0.05, 0) is 163 Å². The van der Waals surface area contributed by atoms with Gasteiger partial charge in [-0.15, -0.1) is 56.7 Å². The van der Waals surface area contributed by atoms with Gasteiger partial charge in [-0.3, -0.25) is 14.7 Å². The van der Waals surface area contributed by atoms with Gasteiger partial charge >= 0.3 is 18.3 Å². The van der Waals surface area contributed by atoms with Gasteiger partial charge in [0.05, 0.1) is 68.6 Å². The van der Waals surface area contributed by atoms with Crippen LogP contribution in [0.25, 0.3) is 17.0 Å². The Morgan fingerprint density at radius 1 is 0.548 bits per heavy atom. The molecule has 7 aromatic rings. The van der Waals surface area contributed by atoms with Gasteiger partial charge in [0.25, 0.3) is 0 Å². The number of nitrogens with zero attached hydrogens (tertiary/aromatic N) is 10. The number of Topliss-reactive ketones (excluding diaryl/α,β-unsaturated/α-hetero) is 1. The minimum atomic E-state index is -0.461. The SMILES string of the molecule is CC(C)(C)OC(=O)N1CCc2sc(Cl)nc2C1.CC(C)=Cc1nc2c(s1)CCN(C(=O)OC(C)(C)C)C2.CC(C)Cc1nc2c(s1)CCN(C(=O)OC(C)(C)C)C2.CC(C)Cc1nc2c(s1)CCN(CCC1CCC(CC(=O)c3cccc4ncccc34)CC1)C2.CC(C)Cc1nc2c(s1)CCNC2. The van der Waals surface area contributed by atoms with Gasteiger partial charge in [-0.25, -0.2) is 39.3 Å². The van der Waals surface area contributed by atoms with E-state index in [0.29, 0.717) is 61.4 Å². The fraction of sp³-hybridized carbons (Fsp3) is 0.625. The van der Waals surface area contributed by atoms with Crippen molar-refractivity contribution in [1.29, 1.82) is 0 Å². The van der Waals surface area contributed by atoms with Crippen molar-refractivity contribution in [2.24, 2.45) is 29.6 Å². The number of amides is 3. The van der Waals surface area contributed by atoms with Gasteiger partial charge in [-0.1, -0.05) is 89.8 Å². The lowest BCUT2D eigenvalue weighted by atomic mass is 9.78. The van der Waals surface area contributed by atoms with Gasteiger partial charge in [0.2, 0.25) is 0 Å². The topological polar surface area (TPSA) is 198 Å². The van der Waals surface area contributed by atoms with Gasteiger partial charge in [0.15, 0.2) is 10.3 Å².